The summed E-state index contributed by atoms with van der Waals surface area (Å²) in [5, 5.41) is 11.8. The van der Waals surface area contributed by atoms with Gasteiger partial charge in [0.2, 0.25) is 11.8 Å². The summed E-state index contributed by atoms with van der Waals surface area (Å²) >= 11 is 0. The Bertz CT molecular complexity index is 353. The lowest BCUT2D eigenvalue weighted by molar-refractivity contribution is 0.350. The molecule has 0 atom stereocenters. The van der Waals surface area contributed by atoms with Crippen LogP contribution in [-0.4, -0.2) is 22.8 Å². The third-order valence-electron chi connectivity index (χ3n) is 3.79. The molecule has 2 fully saturated rings. The van der Waals surface area contributed by atoms with E-state index in [1.807, 2.05) is 0 Å². The van der Waals surface area contributed by atoms with Crippen molar-refractivity contribution in [2.45, 2.75) is 63.3 Å². The van der Waals surface area contributed by atoms with Gasteiger partial charge in [-0.1, -0.05) is 19.3 Å². The zero-order valence-electron chi connectivity index (χ0n) is 10.3. The SMILES string of the molecule is C1CCC(c2nnc(CCNC3CC3)o2)CC1. The minimum Gasteiger partial charge on any atom is -0.425 e. The van der Waals surface area contributed by atoms with Crippen molar-refractivity contribution in [3.8, 4) is 0 Å². The van der Waals surface area contributed by atoms with Gasteiger partial charge in [0.25, 0.3) is 0 Å². The van der Waals surface area contributed by atoms with Crippen molar-refractivity contribution in [2.24, 2.45) is 0 Å². The van der Waals surface area contributed by atoms with Crippen LogP contribution in [0.1, 0.15) is 62.6 Å². The van der Waals surface area contributed by atoms with Gasteiger partial charge in [0.05, 0.1) is 0 Å². The van der Waals surface area contributed by atoms with Gasteiger partial charge in [-0.05, 0) is 25.7 Å². The molecule has 1 N–H and O–H groups in total. The molecule has 2 aliphatic rings. The molecular formula is C13H21N3O. The summed E-state index contributed by atoms with van der Waals surface area (Å²) in [6, 6.07) is 0.760. The lowest BCUT2D eigenvalue weighted by Crippen LogP contribution is -2.19. The maximum absolute atomic E-state index is 5.76. The fourth-order valence-electron chi connectivity index (χ4n) is 2.55. The van der Waals surface area contributed by atoms with Gasteiger partial charge in [0.15, 0.2) is 0 Å². The smallest absolute Gasteiger partial charge is 0.219 e. The Labute approximate surface area is 102 Å². The minimum absolute atomic E-state index is 0.529. The quantitative estimate of drug-likeness (QED) is 0.851. The Morgan fingerprint density at radius 2 is 1.88 bits per heavy atom. The molecule has 0 unspecified atom stereocenters. The van der Waals surface area contributed by atoms with Crippen molar-refractivity contribution in [3.63, 3.8) is 0 Å². The van der Waals surface area contributed by atoms with Crippen molar-refractivity contribution in [3.05, 3.63) is 11.8 Å². The molecule has 0 aromatic carbocycles. The maximum atomic E-state index is 5.76. The summed E-state index contributed by atoms with van der Waals surface area (Å²) in [5.41, 5.74) is 0. The predicted octanol–water partition coefficient (Wildman–Crippen LogP) is 2.41. The molecule has 1 aromatic heterocycles. The molecule has 0 radical (unpaired) electrons. The maximum Gasteiger partial charge on any atom is 0.219 e. The molecule has 4 heteroatoms. The molecule has 94 valence electrons. The summed E-state index contributed by atoms with van der Waals surface area (Å²) in [7, 11) is 0. The average Bonchev–Trinajstić information content (AvgIpc) is 3.07. The molecule has 1 aromatic rings. The van der Waals surface area contributed by atoms with Gasteiger partial charge in [-0.2, -0.15) is 0 Å². The Balaban J connectivity index is 1.49. The largest absolute Gasteiger partial charge is 0.425 e. The van der Waals surface area contributed by atoms with Crippen molar-refractivity contribution in [1.29, 1.82) is 0 Å². The van der Waals surface area contributed by atoms with Crippen LogP contribution in [0.25, 0.3) is 0 Å². The van der Waals surface area contributed by atoms with Crippen LogP contribution >= 0.6 is 0 Å². The molecule has 17 heavy (non-hydrogen) atoms. The van der Waals surface area contributed by atoms with E-state index in [9.17, 15) is 0 Å². The summed E-state index contributed by atoms with van der Waals surface area (Å²) in [5.74, 6) is 2.21. The van der Waals surface area contributed by atoms with Crippen LogP contribution in [0, 0.1) is 0 Å². The lowest BCUT2D eigenvalue weighted by Gasteiger charge is -2.17. The Kier molecular flexibility index (Phi) is 3.41. The third-order valence-corrected chi connectivity index (χ3v) is 3.79. The van der Waals surface area contributed by atoms with E-state index < -0.39 is 0 Å². The molecule has 0 aliphatic heterocycles. The third kappa shape index (κ3) is 3.06. The second kappa shape index (κ2) is 5.17. The fraction of sp³-hybridized carbons (Fsp3) is 0.846. The van der Waals surface area contributed by atoms with Gasteiger partial charge in [-0.15, -0.1) is 10.2 Å². The van der Waals surface area contributed by atoms with Gasteiger partial charge < -0.3 is 9.73 Å². The van der Waals surface area contributed by atoms with Gasteiger partial charge in [-0.3, -0.25) is 0 Å². The molecule has 0 bridgehead atoms. The first kappa shape index (κ1) is 11.2. The monoisotopic (exact) mass is 235 g/mol. The predicted molar refractivity (Wildman–Crippen MR) is 64.9 cm³/mol. The summed E-state index contributed by atoms with van der Waals surface area (Å²) in [6.45, 7) is 0.969. The minimum atomic E-state index is 0.529. The van der Waals surface area contributed by atoms with E-state index in [2.05, 4.69) is 15.5 Å². The molecule has 0 spiro atoms. The van der Waals surface area contributed by atoms with Crippen molar-refractivity contribution < 1.29 is 4.42 Å². The number of rotatable bonds is 5. The van der Waals surface area contributed by atoms with Crippen LogP contribution in [0.3, 0.4) is 0 Å². The van der Waals surface area contributed by atoms with Crippen LogP contribution in [0.5, 0.6) is 0 Å². The molecule has 0 saturated heterocycles. The summed E-state index contributed by atoms with van der Waals surface area (Å²) in [6.07, 6.45) is 9.97. The van der Waals surface area contributed by atoms with Crippen LogP contribution in [0.2, 0.25) is 0 Å². The first-order chi connectivity index (χ1) is 8.42. The lowest BCUT2D eigenvalue weighted by atomic mass is 9.89. The Morgan fingerprint density at radius 3 is 2.65 bits per heavy atom. The highest BCUT2D eigenvalue weighted by Gasteiger charge is 2.22. The normalized spacial score (nSPS) is 21.9. The van der Waals surface area contributed by atoms with E-state index in [1.54, 1.807) is 0 Å². The van der Waals surface area contributed by atoms with E-state index in [0.29, 0.717) is 5.92 Å². The molecule has 3 rings (SSSR count). The van der Waals surface area contributed by atoms with E-state index in [0.717, 1.165) is 30.8 Å². The van der Waals surface area contributed by atoms with Crippen LogP contribution in [-0.2, 0) is 6.42 Å². The van der Waals surface area contributed by atoms with Crippen molar-refractivity contribution in [1.82, 2.24) is 15.5 Å². The molecule has 0 amide bonds. The first-order valence-corrected chi connectivity index (χ1v) is 6.97. The number of nitrogens with one attached hydrogen (secondary N) is 1. The highest BCUT2D eigenvalue weighted by atomic mass is 16.4. The molecule has 2 saturated carbocycles. The number of aromatic nitrogens is 2. The first-order valence-electron chi connectivity index (χ1n) is 6.97. The van der Waals surface area contributed by atoms with E-state index in [4.69, 9.17) is 4.42 Å². The van der Waals surface area contributed by atoms with Gasteiger partial charge in [-0.25, -0.2) is 0 Å². The average molecular weight is 235 g/mol. The Morgan fingerprint density at radius 1 is 1.06 bits per heavy atom. The second-order valence-corrected chi connectivity index (χ2v) is 5.35. The van der Waals surface area contributed by atoms with Crippen LogP contribution in [0.4, 0.5) is 0 Å². The highest BCUT2D eigenvalue weighted by Crippen LogP contribution is 2.31. The molecule has 2 aliphatic carbocycles. The van der Waals surface area contributed by atoms with Crippen LogP contribution < -0.4 is 5.32 Å². The standard InChI is InChI=1S/C13H21N3O/c1-2-4-10(5-3-1)13-16-15-12(17-13)8-9-14-11-6-7-11/h10-11,14H,1-9H2. The summed E-state index contributed by atoms with van der Waals surface area (Å²) in [4.78, 5) is 0. The van der Waals surface area contributed by atoms with Gasteiger partial charge in [0, 0.05) is 24.9 Å². The molecule has 1 heterocycles. The second-order valence-electron chi connectivity index (χ2n) is 5.35. The van der Waals surface area contributed by atoms with Gasteiger partial charge in [0.1, 0.15) is 0 Å². The van der Waals surface area contributed by atoms with Crippen molar-refractivity contribution in [2.75, 3.05) is 6.54 Å². The Hall–Kier alpha value is -0.900. The van der Waals surface area contributed by atoms with E-state index >= 15 is 0 Å². The molecular weight excluding hydrogens is 214 g/mol. The van der Waals surface area contributed by atoms with E-state index in [-0.39, 0.29) is 0 Å². The zero-order valence-corrected chi connectivity index (χ0v) is 10.3. The topological polar surface area (TPSA) is 51.0 Å². The van der Waals surface area contributed by atoms with E-state index in [1.165, 1.54) is 44.9 Å². The highest BCUT2D eigenvalue weighted by molar-refractivity contribution is 4.93. The number of hydrogen-bond donors (Lipinski definition) is 1. The van der Waals surface area contributed by atoms with Crippen LogP contribution in [0.15, 0.2) is 4.42 Å². The van der Waals surface area contributed by atoms with Gasteiger partial charge >= 0.3 is 0 Å². The summed E-state index contributed by atoms with van der Waals surface area (Å²) < 4.78 is 5.76. The molecule has 4 nitrogen and oxygen atoms in total. The number of nitrogens with zero attached hydrogens (tertiary/aromatic N) is 2. The zero-order chi connectivity index (χ0) is 11.5. The number of hydrogen-bond acceptors (Lipinski definition) is 4. The van der Waals surface area contributed by atoms with Crippen molar-refractivity contribution >= 4 is 0 Å². The fourth-order valence-corrected chi connectivity index (χ4v) is 2.55.